The van der Waals surface area contributed by atoms with Gasteiger partial charge in [0.25, 0.3) is 0 Å². The summed E-state index contributed by atoms with van der Waals surface area (Å²) in [7, 11) is 0. The van der Waals surface area contributed by atoms with E-state index in [0.29, 0.717) is 13.2 Å². The smallest absolute Gasteiger partial charge is 0.0717 e. The van der Waals surface area contributed by atoms with Crippen molar-refractivity contribution in [3.8, 4) is 0 Å². The van der Waals surface area contributed by atoms with Gasteiger partial charge in [0.15, 0.2) is 0 Å². The molecule has 0 saturated heterocycles. The number of unbranched alkanes of at least 4 members (excludes halogenated alkanes) is 1. The van der Waals surface area contributed by atoms with Crippen LogP contribution in [0.25, 0.3) is 0 Å². The molecule has 0 aliphatic heterocycles. The van der Waals surface area contributed by atoms with Crippen LogP contribution in [-0.4, -0.2) is 23.3 Å². The van der Waals surface area contributed by atoms with Crippen LogP contribution in [0, 0.1) is 0 Å². The van der Waals surface area contributed by atoms with E-state index in [9.17, 15) is 0 Å². The van der Waals surface area contributed by atoms with Crippen LogP contribution in [0.4, 0.5) is 0 Å². The lowest BCUT2D eigenvalue weighted by Crippen LogP contribution is -1.96. The fourth-order valence-corrected chi connectivity index (χ4v) is 0.985. The number of nitrogens with zero attached hydrogens (tertiary/aromatic N) is 1. The Labute approximate surface area is 78.4 Å². The van der Waals surface area contributed by atoms with Gasteiger partial charge < -0.3 is 9.84 Å². The van der Waals surface area contributed by atoms with Crippen LogP contribution in [0.2, 0.25) is 0 Å². The van der Waals surface area contributed by atoms with E-state index in [-0.39, 0.29) is 6.61 Å². The number of hydrogen-bond acceptors (Lipinski definition) is 3. The summed E-state index contributed by atoms with van der Waals surface area (Å²) in [5, 5.41) is 8.52. The van der Waals surface area contributed by atoms with Gasteiger partial charge in [-0.2, -0.15) is 0 Å². The minimum absolute atomic E-state index is 0.249. The lowest BCUT2D eigenvalue weighted by Gasteiger charge is -2.02. The third-order valence-electron chi connectivity index (χ3n) is 1.71. The Hall–Kier alpha value is -0.930. The van der Waals surface area contributed by atoms with E-state index in [1.54, 1.807) is 12.4 Å². The van der Waals surface area contributed by atoms with E-state index in [1.165, 1.54) is 0 Å². The quantitative estimate of drug-likeness (QED) is 0.674. The standard InChI is InChI=1S/C10H15NO2/c12-7-1-2-8-13-9-10-3-5-11-6-4-10/h3-6,12H,1-2,7-9H2. The van der Waals surface area contributed by atoms with E-state index in [1.807, 2.05) is 12.1 Å². The lowest BCUT2D eigenvalue weighted by molar-refractivity contribution is 0.112. The summed E-state index contributed by atoms with van der Waals surface area (Å²) in [4.78, 5) is 3.91. The number of aliphatic hydroxyl groups excluding tert-OH is 1. The molecular weight excluding hydrogens is 166 g/mol. The van der Waals surface area contributed by atoms with Gasteiger partial charge in [0.2, 0.25) is 0 Å². The summed E-state index contributed by atoms with van der Waals surface area (Å²) in [6.45, 7) is 1.59. The zero-order valence-electron chi connectivity index (χ0n) is 7.65. The second kappa shape index (κ2) is 6.57. The zero-order chi connectivity index (χ0) is 9.36. The van der Waals surface area contributed by atoms with Crippen molar-refractivity contribution >= 4 is 0 Å². The Kier molecular flexibility index (Phi) is 5.13. The first-order valence-corrected chi connectivity index (χ1v) is 4.51. The van der Waals surface area contributed by atoms with Gasteiger partial charge in [-0.3, -0.25) is 4.98 Å². The van der Waals surface area contributed by atoms with Crippen LogP contribution in [0.3, 0.4) is 0 Å². The lowest BCUT2D eigenvalue weighted by atomic mass is 10.3. The van der Waals surface area contributed by atoms with Gasteiger partial charge in [-0.05, 0) is 30.5 Å². The average molecular weight is 181 g/mol. The number of aromatic nitrogens is 1. The highest BCUT2D eigenvalue weighted by Crippen LogP contribution is 1.99. The summed E-state index contributed by atoms with van der Waals surface area (Å²) in [6, 6.07) is 3.87. The number of aliphatic hydroxyl groups is 1. The molecule has 1 rings (SSSR count). The van der Waals surface area contributed by atoms with E-state index in [4.69, 9.17) is 9.84 Å². The number of ether oxygens (including phenoxy) is 1. The van der Waals surface area contributed by atoms with Crippen LogP contribution >= 0.6 is 0 Å². The monoisotopic (exact) mass is 181 g/mol. The number of hydrogen-bond donors (Lipinski definition) is 1. The average Bonchev–Trinajstić information content (AvgIpc) is 2.19. The highest BCUT2D eigenvalue weighted by molar-refractivity contribution is 5.07. The van der Waals surface area contributed by atoms with Gasteiger partial charge in [0.1, 0.15) is 0 Å². The summed E-state index contributed by atoms with van der Waals surface area (Å²) < 4.78 is 5.38. The molecule has 0 aliphatic carbocycles. The molecule has 3 nitrogen and oxygen atoms in total. The van der Waals surface area contributed by atoms with Crippen molar-refractivity contribution in [1.29, 1.82) is 0 Å². The summed E-state index contributed by atoms with van der Waals surface area (Å²) in [5.41, 5.74) is 1.14. The van der Waals surface area contributed by atoms with Gasteiger partial charge >= 0.3 is 0 Å². The molecule has 1 aromatic heterocycles. The Bertz CT molecular complexity index is 213. The van der Waals surface area contributed by atoms with E-state index < -0.39 is 0 Å². The Morgan fingerprint density at radius 2 is 2.00 bits per heavy atom. The molecule has 0 aromatic carbocycles. The van der Waals surface area contributed by atoms with Crippen molar-refractivity contribution in [3.63, 3.8) is 0 Å². The van der Waals surface area contributed by atoms with Crippen molar-refractivity contribution in [3.05, 3.63) is 30.1 Å². The number of rotatable bonds is 6. The molecule has 0 bridgehead atoms. The third-order valence-corrected chi connectivity index (χ3v) is 1.71. The fourth-order valence-electron chi connectivity index (χ4n) is 0.985. The van der Waals surface area contributed by atoms with Gasteiger partial charge in [-0.15, -0.1) is 0 Å². The Balaban J connectivity index is 2.07. The molecule has 0 spiro atoms. The molecule has 0 atom stereocenters. The summed E-state index contributed by atoms with van der Waals surface area (Å²) in [6.07, 6.45) is 5.25. The topological polar surface area (TPSA) is 42.4 Å². The number of pyridine rings is 1. The highest BCUT2D eigenvalue weighted by Gasteiger charge is 1.91. The maximum Gasteiger partial charge on any atom is 0.0717 e. The molecule has 1 aromatic rings. The summed E-state index contributed by atoms with van der Waals surface area (Å²) in [5.74, 6) is 0. The molecule has 13 heavy (non-hydrogen) atoms. The van der Waals surface area contributed by atoms with Crippen LogP contribution in [0.1, 0.15) is 18.4 Å². The van der Waals surface area contributed by atoms with Crippen LogP contribution in [0.5, 0.6) is 0 Å². The van der Waals surface area contributed by atoms with E-state index in [2.05, 4.69) is 4.98 Å². The molecule has 0 amide bonds. The Morgan fingerprint density at radius 3 is 2.69 bits per heavy atom. The van der Waals surface area contributed by atoms with Crippen molar-refractivity contribution < 1.29 is 9.84 Å². The van der Waals surface area contributed by atoms with E-state index in [0.717, 1.165) is 18.4 Å². The predicted octanol–water partition coefficient (Wildman–Crippen LogP) is 1.37. The summed E-state index contributed by atoms with van der Waals surface area (Å²) >= 11 is 0. The maximum atomic E-state index is 8.52. The Morgan fingerprint density at radius 1 is 1.23 bits per heavy atom. The van der Waals surface area contributed by atoms with Gasteiger partial charge in [0.05, 0.1) is 6.61 Å². The van der Waals surface area contributed by atoms with Gasteiger partial charge in [-0.1, -0.05) is 0 Å². The normalized spacial score (nSPS) is 10.2. The molecule has 1 N–H and O–H groups in total. The minimum Gasteiger partial charge on any atom is -0.396 e. The second-order valence-corrected chi connectivity index (χ2v) is 2.84. The molecular formula is C10H15NO2. The SMILES string of the molecule is OCCCCOCc1ccncc1. The first-order chi connectivity index (χ1) is 6.43. The zero-order valence-corrected chi connectivity index (χ0v) is 7.65. The molecule has 0 saturated carbocycles. The van der Waals surface area contributed by atoms with Gasteiger partial charge in [0, 0.05) is 25.6 Å². The van der Waals surface area contributed by atoms with Crippen molar-refractivity contribution in [1.82, 2.24) is 4.98 Å². The van der Waals surface area contributed by atoms with Crippen LogP contribution < -0.4 is 0 Å². The van der Waals surface area contributed by atoms with Gasteiger partial charge in [-0.25, -0.2) is 0 Å². The largest absolute Gasteiger partial charge is 0.396 e. The molecule has 72 valence electrons. The molecule has 0 aliphatic rings. The fraction of sp³-hybridized carbons (Fsp3) is 0.500. The first kappa shape index (κ1) is 10.2. The third kappa shape index (κ3) is 4.60. The van der Waals surface area contributed by atoms with Crippen LogP contribution in [0.15, 0.2) is 24.5 Å². The second-order valence-electron chi connectivity index (χ2n) is 2.84. The first-order valence-electron chi connectivity index (χ1n) is 4.51. The predicted molar refractivity (Wildman–Crippen MR) is 50.2 cm³/mol. The van der Waals surface area contributed by atoms with Crippen molar-refractivity contribution in [2.24, 2.45) is 0 Å². The molecule has 0 radical (unpaired) electrons. The highest BCUT2D eigenvalue weighted by atomic mass is 16.5. The van der Waals surface area contributed by atoms with Crippen LogP contribution in [-0.2, 0) is 11.3 Å². The van der Waals surface area contributed by atoms with Crippen molar-refractivity contribution in [2.45, 2.75) is 19.4 Å². The minimum atomic E-state index is 0.249. The molecule has 3 heteroatoms. The van der Waals surface area contributed by atoms with E-state index >= 15 is 0 Å². The maximum absolute atomic E-state index is 8.52. The molecule has 0 fully saturated rings. The molecule has 0 unspecified atom stereocenters. The molecule has 1 heterocycles. The van der Waals surface area contributed by atoms with Crippen molar-refractivity contribution in [2.75, 3.05) is 13.2 Å².